The highest BCUT2D eigenvalue weighted by Crippen LogP contribution is 2.39. The summed E-state index contributed by atoms with van der Waals surface area (Å²) in [4.78, 5) is 16.9. The maximum absolute atomic E-state index is 13.0. The number of hydrogen-bond donors (Lipinski definition) is 2. The summed E-state index contributed by atoms with van der Waals surface area (Å²) in [6.45, 7) is 3.16. The van der Waals surface area contributed by atoms with Crippen LogP contribution in [0, 0.1) is 6.92 Å². The first-order valence-electron chi connectivity index (χ1n) is 9.76. The van der Waals surface area contributed by atoms with Crippen molar-refractivity contribution in [2.75, 3.05) is 5.32 Å². The molecule has 8 nitrogen and oxygen atoms in total. The van der Waals surface area contributed by atoms with Gasteiger partial charge in [-0.15, -0.1) is 0 Å². The summed E-state index contributed by atoms with van der Waals surface area (Å²) >= 11 is 5.84. The lowest BCUT2D eigenvalue weighted by Crippen LogP contribution is -2.41. The van der Waals surface area contributed by atoms with Gasteiger partial charge in [0.25, 0.3) is 0 Å². The Labute approximate surface area is 185 Å². The molecule has 0 radical (unpaired) electrons. The number of nitrogens with zero attached hydrogens (tertiary/aromatic N) is 2. The first-order chi connectivity index (χ1) is 14.7. The van der Waals surface area contributed by atoms with Gasteiger partial charge in [-0.2, -0.15) is 9.71 Å². The van der Waals surface area contributed by atoms with Crippen molar-refractivity contribution in [3.8, 4) is 11.4 Å². The molecule has 2 N–H and O–H groups in total. The van der Waals surface area contributed by atoms with E-state index in [0.717, 1.165) is 12.8 Å². The van der Waals surface area contributed by atoms with Gasteiger partial charge in [-0.1, -0.05) is 28.9 Å². The number of nitrogens with one attached hydrogen (secondary N) is 2. The lowest BCUT2D eigenvalue weighted by atomic mass is 10.1. The standard InChI is InChI=1S/C21H21ClN4O4S/c1-12-3-4-15(19-24-21(30-25-19)14-5-6-14)11-18(12)31(28,29)26-13(2)20(27)23-17-9-7-16(22)8-10-17/h3-4,7-11,13-14,26H,5-6H2,1-2H3,(H,23,27)/t13-/m1/s1. The summed E-state index contributed by atoms with van der Waals surface area (Å²) in [5.74, 6) is 0.723. The molecule has 1 amide bonds. The molecule has 1 heterocycles. The van der Waals surface area contributed by atoms with E-state index in [0.29, 0.717) is 39.5 Å². The zero-order valence-corrected chi connectivity index (χ0v) is 18.5. The number of aryl methyl sites for hydroxylation is 1. The minimum absolute atomic E-state index is 0.0499. The lowest BCUT2D eigenvalue weighted by Gasteiger charge is -2.16. The fourth-order valence-corrected chi connectivity index (χ4v) is 4.61. The summed E-state index contributed by atoms with van der Waals surface area (Å²) in [6.07, 6.45) is 2.05. The maximum atomic E-state index is 13.0. The Bertz CT molecular complexity index is 1220. The molecule has 0 spiro atoms. The van der Waals surface area contributed by atoms with Crippen molar-refractivity contribution in [3.63, 3.8) is 0 Å². The Morgan fingerprint density at radius 1 is 1.19 bits per heavy atom. The van der Waals surface area contributed by atoms with E-state index in [1.807, 2.05) is 0 Å². The van der Waals surface area contributed by atoms with Crippen LogP contribution in [0.4, 0.5) is 5.69 Å². The predicted molar refractivity (Wildman–Crippen MR) is 116 cm³/mol. The first kappa shape index (κ1) is 21.5. The number of hydrogen-bond acceptors (Lipinski definition) is 6. The average molecular weight is 461 g/mol. The number of benzene rings is 2. The van der Waals surface area contributed by atoms with Crippen molar-refractivity contribution in [3.05, 3.63) is 58.9 Å². The monoisotopic (exact) mass is 460 g/mol. The molecule has 10 heteroatoms. The maximum Gasteiger partial charge on any atom is 0.242 e. The Balaban J connectivity index is 1.51. The number of carbonyl (C=O) groups is 1. The van der Waals surface area contributed by atoms with E-state index in [9.17, 15) is 13.2 Å². The molecule has 1 fully saturated rings. The van der Waals surface area contributed by atoms with Crippen molar-refractivity contribution in [1.82, 2.24) is 14.9 Å². The van der Waals surface area contributed by atoms with Crippen LogP contribution in [-0.4, -0.2) is 30.5 Å². The highest BCUT2D eigenvalue weighted by molar-refractivity contribution is 7.89. The van der Waals surface area contributed by atoms with Crippen LogP contribution in [0.5, 0.6) is 0 Å². The van der Waals surface area contributed by atoms with Gasteiger partial charge in [0.1, 0.15) is 0 Å². The fourth-order valence-electron chi connectivity index (χ4n) is 3.01. The van der Waals surface area contributed by atoms with E-state index < -0.39 is 22.0 Å². The number of amides is 1. The summed E-state index contributed by atoms with van der Waals surface area (Å²) in [5, 5.41) is 7.16. The summed E-state index contributed by atoms with van der Waals surface area (Å²) < 4.78 is 33.7. The Morgan fingerprint density at radius 2 is 1.90 bits per heavy atom. The van der Waals surface area contributed by atoms with Gasteiger partial charge >= 0.3 is 0 Å². The number of anilines is 1. The van der Waals surface area contributed by atoms with Crippen LogP contribution in [0.15, 0.2) is 51.9 Å². The van der Waals surface area contributed by atoms with Crippen molar-refractivity contribution in [2.24, 2.45) is 0 Å². The van der Waals surface area contributed by atoms with Crippen LogP contribution in [0.2, 0.25) is 5.02 Å². The second kappa shape index (κ2) is 8.41. The molecule has 1 atom stereocenters. The van der Waals surface area contributed by atoms with Crippen LogP contribution in [0.3, 0.4) is 0 Å². The van der Waals surface area contributed by atoms with Crippen LogP contribution >= 0.6 is 11.6 Å². The van der Waals surface area contributed by atoms with E-state index in [2.05, 4.69) is 20.2 Å². The molecule has 3 aromatic rings. The third kappa shape index (κ3) is 4.95. The summed E-state index contributed by atoms with van der Waals surface area (Å²) in [6, 6.07) is 10.4. The van der Waals surface area contributed by atoms with Gasteiger partial charge in [-0.05, 0) is 62.6 Å². The van der Waals surface area contributed by atoms with Crippen molar-refractivity contribution in [2.45, 2.75) is 43.5 Å². The van der Waals surface area contributed by atoms with E-state index in [4.69, 9.17) is 16.1 Å². The molecule has 0 unspecified atom stereocenters. The Hall–Kier alpha value is -2.75. The largest absolute Gasteiger partial charge is 0.339 e. The quantitative estimate of drug-likeness (QED) is 0.553. The zero-order chi connectivity index (χ0) is 22.2. The van der Waals surface area contributed by atoms with Crippen molar-refractivity contribution >= 4 is 33.2 Å². The lowest BCUT2D eigenvalue weighted by molar-refractivity contribution is -0.117. The van der Waals surface area contributed by atoms with Crippen LogP contribution < -0.4 is 10.0 Å². The number of sulfonamides is 1. The smallest absolute Gasteiger partial charge is 0.242 e. The molecule has 0 aliphatic heterocycles. The molecular weight excluding hydrogens is 440 g/mol. The van der Waals surface area contributed by atoms with Gasteiger partial charge < -0.3 is 9.84 Å². The van der Waals surface area contributed by atoms with Gasteiger partial charge in [0, 0.05) is 22.2 Å². The highest BCUT2D eigenvalue weighted by atomic mass is 35.5. The van der Waals surface area contributed by atoms with Gasteiger partial charge in [0.15, 0.2) is 0 Å². The topological polar surface area (TPSA) is 114 Å². The second-order valence-electron chi connectivity index (χ2n) is 7.55. The van der Waals surface area contributed by atoms with E-state index in [1.54, 1.807) is 43.3 Å². The van der Waals surface area contributed by atoms with E-state index >= 15 is 0 Å². The Kier molecular flexibility index (Phi) is 5.83. The van der Waals surface area contributed by atoms with Crippen molar-refractivity contribution in [1.29, 1.82) is 0 Å². The number of carbonyl (C=O) groups excluding carboxylic acids is 1. The zero-order valence-electron chi connectivity index (χ0n) is 16.9. The SMILES string of the molecule is Cc1ccc(-c2noc(C3CC3)n2)cc1S(=O)(=O)N[C@H](C)C(=O)Nc1ccc(Cl)cc1. The van der Waals surface area contributed by atoms with Crippen molar-refractivity contribution < 1.29 is 17.7 Å². The first-order valence-corrected chi connectivity index (χ1v) is 11.6. The van der Waals surface area contributed by atoms with Gasteiger partial charge in [-0.25, -0.2) is 8.42 Å². The molecule has 1 saturated carbocycles. The Morgan fingerprint density at radius 3 is 2.58 bits per heavy atom. The molecule has 2 aromatic carbocycles. The minimum atomic E-state index is -3.98. The molecule has 1 aromatic heterocycles. The molecule has 0 bridgehead atoms. The second-order valence-corrected chi connectivity index (χ2v) is 9.67. The van der Waals surface area contributed by atoms with Gasteiger partial charge in [0.2, 0.25) is 27.6 Å². The van der Waals surface area contributed by atoms with E-state index in [-0.39, 0.29) is 4.90 Å². The molecule has 162 valence electrons. The fraction of sp³-hybridized carbons (Fsp3) is 0.286. The van der Waals surface area contributed by atoms with E-state index in [1.165, 1.54) is 13.0 Å². The minimum Gasteiger partial charge on any atom is -0.339 e. The molecular formula is C21H21ClN4O4S. The molecule has 1 aliphatic rings. The van der Waals surface area contributed by atoms with Gasteiger partial charge in [0.05, 0.1) is 10.9 Å². The molecule has 4 rings (SSSR count). The number of rotatable bonds is 7. The average Bonchev–Trinajstić information content (AvgIpc) is 3.46. The van der Waals surface area contributed by atoms with Gasteiger partial charge in [-0.3, -0.25) is 4.79 Å². The number of halogens is 1. The molecule has 1 aliphatic carbocycles. The predicted octanol–water partition coefficient (Wildman–Crippen LogP) is 3.88. The molecule has 0 saturated heterocycles. The van der Waals surface area contributed by atoms with Crippen LogP contribution in [-0.2, 0) is 14.8 Å². The highest BCUT2D eigenvalue weighted by Gasteiger charge is 2.30. The summed E-state index contributed by atoms with van der Waals surface area (Å²) in [5.41, 5.74) is 1.58. The van der Waals surface area contributed by atoms with Crippen LogP contribution in [0.25, 0.3) is 11.4 Å². The number of aromatic nitrogens is 2. The normalized spacial score (nSPS) is 14.9. The third-order valence-electron chi connectivity index (χ3n) is 4.94. The summed E-state index contributed by atoms with van der Waals surface area (Å²) in [7, 11) is -3.98. The molecule has 31 heavy (non-hydrogen) atoms. The van der Waals surface area contributed by atoms with Crippen LogP contribution in [0.1, 0.15) is 37.1 Å². The third-order valence-corrected chi connectivity index (χ3v) is 6.88.